The molecular formula is C20H24N4O4. The van der Waals surface area contributed by atoms with E-state index in [2.05, 4.69) is 10.6 Å². The van der Waals surface area contributed by atoms with Crippen molar-refractivity contribution in [1.29, 1.82) is 0 Å². The lowest BCUT2D eigenvalue weighted by molar-refractivity contribution is -0.125. The van der Waals surface area contributed by atoms with Gasteiger partial charge in [0.25, 0.3) is 0 Å². The van der Waals surface area contributed by atoms with Gasteiger partial charge >= 0.3 is 0 Å². The van der Waals surface area contributed by atoms with Gasteiger partial charge in [-0.15, -0.1) is 0 Å². The summed E-state index contributed by atoms with van der Waals surface area (Å²) in [6.45, 7) is 0. The molecule has 1 fully saturated rings. The highest BCUT2D eigenvalue weighted by molar-refractivity contribution is 5.95. The first-order chi connectivity index (χ1) is 13.3. The largest absolute Gasteiger partial charge is 0.506 e. The van der Waals surface area contributed by atoms with E-state index in [4.69, 9.17) is 11.5 Å². The second kappa shape index (κ2) is 8.08. The molecule has 3 rings (SSSR count). The number of nitrogens with one attached hydrogen (secondary N) is 2. The van der Waals surface area contributed by atoms with Crippen molar-refractivity contribution in [3.8, 4) is 11.5 Å². The first-order valence-corrected chi connectivity index (χ1v) is 9.12. The van der Waals surface area contributed by atoms with Crippen LogP contribution in [0, 0.1) is 11.8 Å². The van der Waals surface area contributed by atoms with E-state index in [1.165, 1.54) is 24.3 Å². The molecule has 1 aliphatic rings. The smallest absolute Gasteiger partial charge is 0.227 e. The lowest BCUT2D eigenvalue weighted by Gasteiger charge is -2.27. The quantitative estimate of drug-likeness (QED) is 0.271. The van der Waals surface area contributed by atoms with Gasteiger partial charge in [-0.25, -0.2) is 0 Å². The molecule has 0 unspecified atom stereocenters. The molecule has 0 spiro atoms. The van der Waals surface area contributed by atoms with Crippen molar-refractivity contribution < 1.29 is 19.8 Å². The predicted molar refractivity (Wildman–Crippen MR) is 108 cm³/mol. The number of aromatic hydroxyl groups is 2. The fraction of sp³-hybridized carbons (Fsp3) is 0.300. The number of hydrogen-bond donors (Lipinski definition) is 6. The van der Waals surface area contributed by atoms with E-state index in [-0.39, 0.29) is 46.5 Å². The molecule has 148 valence electrons. The van der Waals surface area contributed by atoms with Gasteiger partial charge in [-0.1, -0.05) is 0 Å². The Kier molecular flexibility index (Phi) is 5.58. The molecule has 8 N–H and O–H groups in total. The third kappa shape index (κ3) is 4.46. The van der Waals surface area contributed by atoms with Gasteiger partial charge in [0.05, 0.1) is 11.4 Å². The maximum absolute atomic E-state index is 12.4. The third-order valence-electron chi connectivity index (χ3n) is 5.06. The number of amides is 2. The summed E-state index contributed by atoms with van der Waals surface area (Å²) in [5.74, 6) is -0.642. The molecule has 2 aromatic carbocycles. The molecular weight excluding hydrogens is 360 g/mol. The molecule has 0 saturated heterocycles. The van der Waals surface area contributed by atoms with Gasteiger partial charge < -0.3 is 32.3 Å². The molecule has 0 radical (unpaired) electrons. The van der Waals surface area contributed by atoms with Gasteiger partial charge in [0.1, 0.15) is 11.5 Å². The van der Waals surface area contributed by atoms with Crippen molar-refractivity contribution in [3.05, 3.63) is 36.4 Å². The van der Waals surface area contributed by atoms with Crippen molar-refractivity contribution in [2.45, 2.75) is 25.7 Å². The van der Waals surface area contributed by atoms with Crippen LogP contribution in [0.3, 0.4) is 0 Å². The first-order valence-electron chi connectivity index (χ1n) is 9.12. The number of rotatable bonds is 4. The van der Waals surface area contributed by atoms with Gasteiger partial charge in [0.15, 0.2) is 0 Å². The second-order valence-corrected chi connectivity index (χ2v) is 7.07. The first kappa shape index (κ1) is 19.3. The lowest BCUT2D eigenvalue weighted by atomic mass is 9.81. The van der Waals surface area contributed by atoms with Crippen molar-refractivity contribution in [1.82, 2.24) is 0 Å². The topological polar surface area (TPSA) is 151 Å². The molecule has 1 aliphatic carbocycles. The normalized spacial score (nSPS) is 19.0. The third-order valence-corrected chi connectivity index (χ3v) is 5.06. The summed E-state index contributed by atoms with van der Waals surface area (Å²) in [6, 6.07) is 9.06. The number of benzene rings is 2. The predicted octanol–water partition coefficient (Wildman–Crippen LogP) is 2.65. The lowest BCUT2D eigenvalue weighted by Crippen LogP contribution is -2.32. The van der Waals surface area contributed by atoms with Crippen LogP contribution in [0.1, 0.15) is 25.7 Å². The Hall–Kier alpha value is -3.42. The SMILES string of the molecule is Nc1cc(NC(=O)C2CCC(C(=O)Nc3ccc(O)c(N)c3)CC2)ccc1O. The Bertz CT molecular complexity index is 818. The van der Waals surface area contributed by atoms with E-state index in [1.807, 2.05) is 0 Å². The van der Waals surface area contributed by atoms with Gasteiger partial charge in [0.2, 0.25) is 11.8 Å². The average molecular weight is 384 g/mol. The molecule has 2 aromatic rings. The molecule has 28 heavy (non-hydrogen) atoms. The summed E-state index contributed by atoms with van der Waals surface area (Å²) in [5, 5.41) is 24.5. The van der Waals surface area contributed by atoms with Gasteiger partial charge in [-0.2, -0.15) is 0 Å². The molecule has 0 aliphatic heterocycles. The van der Waals surface area contributed by atoms with Crippen molar-refractivity contribution >= 4 is 34.6 Å². The average Bonchev–Trinajstić information content (AvgIpc) is 2.67. The van der Waals surface area contributed by atoms with Gasteiger partial charge in [0, 0.05) is 23.2 Å². The standard InChI is InChI=1S/C20H24N4O4/c21-15-9-13(5-7-17(15)25)23-19(27)11-1-2-12(4-3-11)20(28)24-14-6-8-18(26)16(22)10-14/h5-12,25-26H,1-4,21-22H2,(H,23,27)(H,24,28). The van der Waals surface area contributed by atoms with Crippen LogP contribution in [0.4, 0.5) is 22.7 Å². The highest BCUT2D eigenvalue weighted by Crippen LogP contribution is 2.32. The molecule has 0 aromatic heterocycles. The molecule has 8 heteroatoms. The summed E-state index contributed by atoms with van der Waals surface area (Å²) >= 11 is 0. The van der Waals surface area contributed by atoms with Crippen LogP contribution in [0.25, 0.3) is 0 Å². The van der Waals surface area contributed by atoms with Crippen LogP contribution in [-0.2, 0) is 9.59 Å². The highest BCUT2D eigenvalue weighted by Gasteiger charge is 2.30. The number of hydrogen-bond acceptors (Lipinski definition) is 6. The van der Waals surface area contributed by atoms with E-state index >= 15 is 0 Å². The van der Waals surface area contributed by atoms with E-state index in [9.17, 15) is 19.8 Å². The Balaban J connectivity index is 1.51. The minimum absolute atomic E-state index is 0.0279. The Morgan fingerprint density at radius 2 is 1.11 bits per heavy atom. The molecule has 1 saturated carbocycles. The zero-order chi connectivity index (χ0) is 20.3. The maximum atomic E-state index is 12.4. The Morgan fingerprint density at radius 3 is 1.43 bits per heavy atom. The van der Waals surface area contributed by atoms with Crippen LogP contribution >= 0.6 is 0 Å². The zero-order valence-corrected chi connectivity index (χ0v) is 15.3. The van der Waals surface area contributed by atoms with Crippen LogP contribution in [0.2, 0.25) is 0 Å². The van der Waals surface area contributed by atoms with Gasteiger partial charge in [-0.3, -0.25) is 9.59 Å². The monoisotopic (exact) mass is 384 g/mol. The van der Waals surface area contributed by atoms with E-state index in [1.54, 1.807) is 12.1 Å². The summed E-state index contributed by atoms with van der Waals surface area (Å²) in [7, 11) is 0. The van der Waals surface area contributed by atoms with Crippen molar-refractivity contribution in [2.75, 3.05) is 22.1 Å². The van der Waals surface area contributed by atoms with E-state index < -0.39 is 0 Å². The maximum Gasteiger partial charge on any atom is 0.227 e. The van der Waals surface area contributed by atoms with E-state index in [0.29, 0.717) is 37.1 Å². The number of carbonyl (C=O) groups excluding carboxylic acids is 2. The second-order valence-electron chi connectivity index (χ2n) is 7.07. The number of anilines is 4. The fourth-order valence-electron chi connectivity index (χ4n) is 3.37. The van der Waals surface area contributed by atoms with Crippen LogP contribution in [-0.4, -0.2) is 22.0 Å². The number of carbonyl (C=O) groups is 2. The van der Waals surface area contributed by atoms with Gasteiger partial charge in [-0.05, 0) is 62.1 Å². The summed E-state index contributed by atoms with van der Waals surface area (Å²) in [4.78, 5) is 24.9. The number of nitrogen functional groups attached to an aromatic ring is 2. The highest BCUT2D eigenvalue weighted by atomic mass is 16.3. The summed E-state index contributed by atoms with van der Waals surface area (Å²) in [6.07, 6.45) is 2.43. The molecule has 2 amide bonds. The fourth-order valence-corrected chi connectivity index (χ4v) is 3.37. The molecule has 8 nitrogen and oxygen atoms in total. The summed E-state index contributed by atoms with van der Waals surface area (Å²) in [5.41, 5.74) is 12.7. The van der Waals surface area contributed by atoms with Crippen LogP contribution in [0.5, 0.6) is 11.5 Å². The van der Waals surface area contributed by atoms with Crippen LogP contribution in [0.15, 0.2) is 36.4 Å². The van der Waals surface area contributed by atoms with Crippen molar-refractivity contribution in [3.63, 3.8) is 0 Å². The van der Waals surface area contributed by atoms with Crippen molar-refractivity contribution in [2.24, 2.45) is 11.8 Å². The molecule has 0 bridgehead atoms. The molecule has 0 heterocycles. The van der Waals surface area contributed by atoms with E-state index in [0.717, 1.165) is 0 Å². The Morgan fingerprint density at radius 1 is 0.750 bits per heavy atom. The Labute approximate surface area is 162 Å². The minimum atomic E-state index is -0.177. The number of phenols is 2. The number of nitrogens with two attached hydrogens (primary N) is 2. The molecule has 0 atom stereocenters. The minimum Gasteiger partial charge on any atom is -0.506 e. The van der Waals surface area contributed by atoms with Crippen LogP contribution < -0.4 is 22.1 Å². The number of phenolic OH excluding ortho intramolecular Hbond substituents is 2. The zero-order valence-electron chi connectivity index (χ0n) is 15.3. The summed E-state index contributed by atoms with van der Waals surface area (Å²) < 4.78 is 0.